The van der Waals surface area contributed by atoms with E-state index in [1.54, 1.807) is 0 Å². The summed E-state index contributed by atoms with van der Waals surface area (Å²) in [6.07, 6.45) is 0. The molecule has 0 aliphatic carbocycles. The number of aromatic nitrogens is 3. The Morgan fingerprint density at radius 1 is 1.45 bits per heavy atom. The van der Waals surface area contributed by atoms with E-state index in [-0.39, 0.29) is 16.7 Å². The number of aromatic amines is 2. The van der Waals surface area contributed by atoms with Crippen molar-refractivity contribution in [1.29, 1.82) is 5.26 Å². The molecule has 0 aliphatic heterocycles. The molecule has 2 aromatic heterocycles. The minimum atomic E-state index is -0.706. The number of amides is 1. The lowest BCUT2D eigenvalue weighted by Crippen LogP contribution is -2.25. The molecular weight excluding hydrogens is 326 g/mol. The van der Waals surface area contributed by atoms with Crippen LogP contribution in [0.2, 0.25) is 0 Å². The van der Waals surface area contributed by atoms with E-state index in [0.29, 0.717) is 10.6 Å². The second-order valence-corrected chi connectivity index (χ2v) is 6.44. The molecule has 8 nitrogen and oxygen atoms in total. The van der Waals surface area contributed by atoms with E-state index < -0.39 is 11.2 Å². The highest BCUT2D eigenvalue weighted by atomic mass is 32.2. The third kappa shape index (κ3) is 3.44. The van der Waals surface area contributed by atoms with Gasteiger partial charge in [0, 0.05) is 4.88 Å². The number of anilines is 1. The van der Waals surface area contributed by atoms with E-state index in [9.17, 15) is 14.4 Å². The van der Waals surface area contributed by atoms with Crippen molar-refractivity contribution < 1.29 is 4.79 Å². The van der Waals surface area contributed by atoms with Crippen LogP contribution in [0, 0.1) is 25.2 Å². The Labute approximate surface area is 132 Å². The van der Waals surface area contributed by atoms with Crippen molar-refractivity contribution in [2.45, 2.75) is 18.9 Å². The van der Waals surface area contributed by atoms with Crippen molar-refractivity contribution in [2.24, 2.45) is 0 Å². The topological polar surface area (TPSA) is 131 Å². The maximum absolute atomic E-state index is 11.9. The van der Waals surface area contributed by atoms with Gasteiger partial charge in [-0.2, -0.15) is 10.4 Å². The van der Waals surface area contributed by atoms with Crippen LogP contribution in [0.1, 0.15) is 16.0 Å². The number of carbonyl (C=O) groups excluding carboxylic acids is 1. The fourth-order valence-electron chi connectivity index (χ4n) is 1.58. The lowest BCUT2D eigenvalue weighted by molar-refractivity contribution is -0.113. The number of thioether (sulfide) groups is 1. The van der Waals surface area contributed by atoms with Crippen molar-refractivity contribution in [3.8, 4) is 6.07 Å². The molecule has 0 saturated heterocycles. The van der Waals surface area contributed by atoms with Crippen molar-refractivity contribution in [2.75, 3.05) is 11.1 Å². The van der Waals surface area contributed by atoms with Gasteiger partial charge in [-0.3, -0.25) is 14.6 Å². The van der Waals surface area contributed by atoms with Crippen molar-refractivity contribution in [1.82, 2.24) is 15.2 Å². The number of thiophene rings is 1. The van der Waals surface area contributed by atoms with Gasteiger partial charge < -0.3 is 5.32 Å². The SMILES string of the molecule is Cc1sc(NC(=O)CSc2n[nH]c(=O)[nH]c2=O)c(C#N)c1C. The highest BCUT2D eigenvalue weighted by Crippen LogP contribution is 2.31. The van der Waals surface area contributed by atoms with Crippen LogP contribution in [0.25, 0.3) is 0 Å². The first-order chi connectivity index (χ1) is 10.4. The van der Waals surface area contributed by atoms with Gasteiger partial charge in [-0.15, -0.1) is 11.3 Å². The molecule has 0 radical (unpaired) electrons. The second-order valence-electron chi connectivity index (χ2n) is 4.25. The summed E-state index contributed by atoms with van der Waals surface area (Å²) in [6.45, 7) is 3.69. The molecule has 2 rings (SSSR count). The molecule has 0 aromatic carbocycles. The zero-order valence-electron chi connectivity index (χ0n) is 11.6. The Kier molecular flexibility index (Phi) is 4.79. The van der Waals surface area contributed by atoms with E-state index in [2.05, 4.69) is 21.6 Å². The highest BCUT2D eigenvalue weighted by molar-refractivity contribution is 7.99. The standard InChI is InChI=1S/C12H11N5O3S2/c1-5-6(2)22-10(7(5)3-13)14-8(18)4-21-11-9(19)15-12(20)17-16-11/h4H2,1-2H3,(H,14,18)(H2,15,17,19,20). The summed E-state index contributed by atoms with van der Waals surface area (Å²) in [4.78, 5) is 37.1. The number of carbonyl (C=O) groups is 1. The number of hydrogen-bond acceptors (Lipinski definition) is 7. The summed E-state index contributed by atoms with van der Waals surface area (Å²) < 4.78 is 0. The number of nitrogens with one attached hydrogen (secondary N) is 3. The summed E-state index contributed by atoms with van der Waals surface area (Å²) in [6, 6.07) is 2.06. The van der Waals surface area contributed by atoms with Crippen molar-refractivity contribution >= 4 is 34.0 Å². The quantitative estimate of drug-likeness (QED) is 0.705. The minimum Gasteiger partial charge on any atom is -0.316 e. The first-order valence-corrected chi connectivity index (χ1v) is 7.84. The molecule has 0 aliphatic rings. The fourth-order valence-corrected chi connectivity index (χ4v) is 3.24. The number of H-pyrrole nitrogens is 2. The average Bonchev–Trinajstić information content (AvgIpc) is 2.72. The average molecular weight is 337 g/mol. The van der Waals surface area contributed by atoms with Crippen LogP contribution in [0.15, 0.2) is 14.6 Å². The minimum absolute atomic E-state index is 0.00574. The predicted molar refractivity (Wildman–Crippen MR) is 83.3 cm³/mol. The lowest BCUT2D eigenvalue weighted by atomic mass is 10.2. The van der Waals surface area contributed by atoms with Crippen LogP contribution in [0.4, 0.5) is 5.00 Å². The van der Waals surface area contributed by atoms with Gasteiger partial charge in [-0.05, 0) is 19.4 Å². The Balaban J connectivity index is 2.05. The monoisotopic (exact) mass is 337 g/mol. The van der Waals surface area contributed by atoms with Crippen LogP contribution in [-0.4, -0.2) is 26.8 Å². The number of rotatable bonds is 4. The lowest BCUT2D eigenvalue weighted by Gasteiger charge is -2.02. The molecule has 10 heteroatoms. The Hall–Kier alpha value is -2.38. The summed E-state index contributed by atoms with van der Waals surface area (Å²) in [5.74, 6) is -0.432. The van der Waals surface area contributed by atoms with Gasteiger partial charge in [0.25, 0.3) is 5.56 Å². The first-order valence-electron chi connectivity index (χ1n) is 6.04. The van der Waals surface area contributed by atoms with Gasteiger partial charge in [-0.25, -0.2) is 9.89 Å². The van der Waals surface area contributed by atoms with E-state index in [1.165, 1.54) is 11.3 Å². The molecule has 0 atom stereocenters. The van der Waals surface area contributed by atoms with E-state index in [1.807, 2.05) is 18.8 Å². The summed E-state index contributed by atoms with van der Waals surface area (Å²) in [7, 11) is 0. The Bertz CT molecular complexity index is 874. The van der Waals surface area contributed by atoms with Gasteiger partial charge in [0.15, 0.2) is 5.03 Å². The Morgan fingerprint density at radius 2 is 2.18 bits per heavy atom. The molecule has 114 valence electrons. The molecule has 1 amide bonds. The van der Waals surface area contributed by atoms with Crippen LogP contribution in [0.5, 0.6) is 0 Å². The molecule has 22 heavy (non-hydrogen) atoms. The van der Waals surface area contributed by atoms with Crippen molar-refractivity contribution in [3.05, 3.63) is 36.8 Å². The molecule has 2 aromatic rings. The van der Waals surface area contributed by atoms with Crippen LogP contribution >= 0.6 is 23.1 Å². The largest absolute Gasteiger partial charge is 0.342 e. The van der Waals surface area contributed by atoms with Crippen LogP contribution < -0.4 is 16.6 Å². The zero-order valence-corrected chi connectivity index (χ0v) is 13.3. The van der Waals surface area contributed by atoms with E-state index in [0.717, 1.165) is 22.2 Å². The maximum Gasteiger partial charge on any atom is 0.342 e. The van der Waals surface area contributed by atoms with E-state index >= 15 is 0 Å². The highest BCUT2D eigenvalue weighted by Gasteiger charge is 2.15. The Morgan fingerprint density at radius 3 is 2.82 bits per heavy atom. The van der Waals surface area contributed by atoms with Gasteiger partial charge >= 0.3 is 5.69 Å². The third-order valence-electron chi connectivity index (χ3n) is 2.77. The molecule has 0 spiro atoms. The van der Waals surface area contributed by atoms with Crippen molar-refractivity contribution in [3.63, 3.8) is 0 Å². The molecule has 3 N–H and O–H groups in total. The summed E-state index contributed by atoms with van der Waals surface area (Å²) >= 11 is 2.22. The van der Waals surface area contributed by atoms with Gasteiger partial charge in [0.05, 0.1) is 11.3 Å². The number of aryl methyl sites for hydroxylation is 1. The number of nitrogens with zero attached hydrogens (tertiary/aromatic N) is 2. The maximum atomic E-state index is 11.9. The molecule has 0 fully saturated rings. The normalized spacial score (nSPS) is 10.2. The number of nitriles is 1. The molecule has 0 unspecified atom stereocenters. The van der Waals surface area contributed by atoms with Crippen LogP contribution in [-0.2, 0) is 4.79 Å². The smallest absolute Gasteiger partial charge is 0.316 e. The fraction of sp³-hybridized carbons (Fsp3) is 0.250. The molecular formula is C12H11N5O3S2. The second kappa shape index (κ2) is 6.59. The third-order valence-corrected chi connectivity index (χ3v) is 4.85. The van der Waals surface area contributed by atoms with Gasteiger partial charge in [0.2, 0.25) is 5.91 Å². The summed E-state index contributed by atoms with van der Waals surface area (Å²) in [5, 5.41) is 17.9. The van der Waals surface area contributed by atoms with E-state index in [4.69, 9.17) is 5.26 Å². The molecule has 0 bridgehead atoms. The van der Waals surface area contributed by atoms with Crippen LogP contribution in [0.3, 0.4) is 0 Å². The summed E-state index contributed by atoms with van der Waals surface area (Å²) in [5.41, 5.74) is -0.0702. The van der Waals surface area contributed by atoms with Gasteiger partial charge in [0.1, 0.15) is 11.1 Å². The zero-order chi connectivity index (χ0) is 16.3. The number of hydrogen-bond donors (Lipinski definition) is 3. The molecule has 0 saturated carbocycles. The predicted octanol–water partition coefficient (Wildman–Crippen LogP) is 0.739. The molecule has 2 heterocycles. The first kappa shape index (κ1) is 16.0. The van der Waals surface area contributed by atoms with Gasteiger partial charge in [-0.1, -0.05) is 11.8 Å².